The molecule has 1 aromatic carbocycles. The second-order valence-corrected chi connectivity index (χ2v) is 6.50. The van der Waals surface area contributed by atoms with Gasteiger partial charge < -0.3 is 19.8 Å². The molecule has 2 aliphatic rings. The average Bonchev–Trinajstić information content (AvgIpc) is 3.01. The summed E-state index contributed by atoms with van der Waals surface area (Å²) in [5.41, 5.74) is 0.801. The number of H-pyrrole nitrogens is 1. The maximum atomic E-state index is 12.8. The molecule has 1 amide bonds. The Kier molecular flexibility index (Phi) is 3.86. The quantitative estimate of drug-likeness (QED) is 0.887. The van der Waals surface area contributed by atoms with Crippen LogP contribution in [0.5, 0.6) is 0 Å². The van der Waals surface area contributed by atoms with Crippen molar-refractivity contribution in [1.29, 1.82) is 0 Å². The van der Waals surface area contributed by atoms with Crippen LogP contribution in [0.1, 0.15) is 16.8 Å². The largest absolute Gasteiger partial charge is 0.384 e. The van der Waals surface area contributed by atoms with Gasteiger partial charge in [0.15, 0.2) is 0 Å². The average molecular weight is 328 g/mol. The number of ether oxygens (including phenoxy) is 2. The topological polar surface area (TPSA) is 80.4 Å². The Balaban J connectivity index is 1.62. The van der Waals surface area contributed by atoms with E-state index in [9.17, 15) is 9.59 Å². The van der Waals surface area contributed by atoms with Crippen LogP contribution in [0.2, 0.25) is 0 Å². The van der Waals surface area contributed by atoms with Gasteiger partial charge >= 0.3 is 0 Å². The van der Waals surface area contributed by atoms with E-state index in [2.05, 4.69) is 10.3 Å². The molecule has 2 fully saturated rings. The highest BCUT2D eigenvalue weighted by Crippen LogP contribution is 2.43. The van der Waals surface area contributed by atoms with Gasteiger partial charge in [0.25, 0.3) is 5.91 Å². The van der Waals surface area contributed by atoms with Crippen LogP contribution in [0.15, 0.2) is 35.1 Å². The number of hydrogen-bond acceptors (Lipinski definition) is 4. The van der Waals surface area contributed by atoms with Gasteiger partial charge in [-0.25, -0.2) is 0 Å². The summed E-state index contributed by atoms with van der Waals surface area (Å²) in [6.07, 6.45) is 1.12. The fourth-order valence-electron chi connectivity index (χ4n) is 4.06. The van der Waals surface area contributed by atoms with Gasteiger partial charge in [0.05, 0.1) is 18.3 Å². The molecule has 4 unspecified atom stereocenters. The zero-order valence-corrected chi connectivity index (χ0v) is 13.5. The second-order valence-electron chi connectivity index (χ2n) is 6.50. The van der Waals surface area contributed by atoms with Gasteiger partial charge in [-0.2, -0.15) is 0 Å². The van der Waals surface area contributed by atoms with Crippen molar-refractivity contribution in [2.24, 2.45) is 11.8 Å². The predicted molar refractivity (Wildman–Crippen MR) is 89.0 cm³/mol. The Morgan fingerprint density at radius 1 is 1.42 bits per heavy atom. The molecule has 126 valence electrons. The molecule has 1 saturated carbocycles. The van der Waals surface area contributed by atoms with Crippen LogP contribution in [0.3, 0.4) is 0 Å². The summed E-state index contributed by atoms with van der Waals surface area (Å²) in [6.45, 7) is 1.29. The predicted octanol–water partition coefficient (Wildman–Crippen LogP) is 1.31. The maximum absolute atomic E-state index is 12.8. The smallest absolute Gasteiger partial charge is 0.252 e. The van der Waals surface area contributed by atoms with Crippen LogP contribution in [-0.4, -0.2) is 43.4 Å². The summed E-state index contributed by atoms with van der Waals surface area (Å²) < 4.78 is 11.0. The summed E-state index contributed by atoms with van der Waals surface area (Å²) >= 11 is 0. The van der Waals surface area contributed by atoms with E-state index >= 15 is 0 Å². The summed E-state index contributed by atoms with van der Waals surface area (Å²) in [4.78, 5) is 27.4. The number of para-hydroxylation sites is 1. The Morgan fingerprint density at radius 3 is 3.08 bits per heavy atom. The van der Waals surface area contributed by atoms with E-state index in [1.807, 2.05) is 18.2 Å². The number of fused-ring (bicyclic) bond motifs is 2. The lowest BCUT2D eigenvalue weighted by Gasteiger charge is -2.47. The molecule has 24 heavy (non-hydrogen) atoms. The van der Waals surface area contributed by atoms with Crippen molar-refractivity contribution in [2.75, 3.05) is 20.3 Å². The molecule has 2 aromatic rings. The fourth-order valence-corrected chi connectivity index (χ4v) is 4.06. The number of aromatic amines is 1. The third-order valence-corrected chi connectivity index (χ3v) is 5.18. The zero-order chi connectivity index (χ0) is 16.7. The molecule has 4 rings (SSSR count). The van der Waals surface area contributed by atoms with Crippen LogP contribution < -0.4 is 10.9 Å². The molecule has 2 N–H and O–H groups in total. The number of amides is 1. The van der Waals surface area contributed by atoms with Crippen molar-refractivity contribution in [1.82, 2.24) is 10.3 Å². The summed E-state index contributed by atoms with van der Waals surface area (Å²) in [5.74, 6) is 0.288. The van der Waals surface area contributed by atoms with E-state index in [1.54, 1.807) is 13.2 Å². The molecule has 0 spiro atoms. The molecule has 6 heteroatoms. The van der Waals surface area contributed by atoms with Gasteiger partial charge in [-0.05, 0) is 12.5 Å². The van der Waals surface area contributed by atoms with E-state index in [1.165, 1.54) is 6.07 Å². The standard InChI is InChI=1S/C18H20N2O4/c1-23-9-13-16(11-6-7-24-17(11)13)20-18(22)12-8-15(21)19-14-5-3-2-4-10(12)14/h2-5,8,11,13,16-17H,6-7,9H2,1H3,(H,19,21)(H,20,22). The Hall–Kier alpha value is -2.18. The minimum absolute atomic E-state index is 0.0306. The molecule has 2 heterocycles. The Morgan fingerprint density at radius 2 is 2.25 bits per heavy atom. The highest BCUT2D eigenvalue weighted by molar-refractivity contribution is 6.06. The van der Waals surface area contributed by atoms with E-state index < -0.39 is 0 Å². The highest BCUT2D eigenvalue weighted by atomic mass is 16.5. The molecule has 4 atom stereocenters. The number of pyridine rings is 1. The number of benzene rings is 1. The Bertz CT molecular complexity index is 831. The van der Waals surface area contributed by atoms with Crippen molar-refractivity contribution >= 4 is 16.8 Å². The molecule has 6 nitrogen and oxygen atoms in total. The van der Waals surface area contributed by atoms with Gasteiger partial charge in [-0.15, -0.1) is 0 Å². The molecular formula is C18H20N2O4. The molecule has 1 saturated heterocycles. The lowest BCUT2D eigenvalue weighted by atomic mass is 9.67. The van der Waals surface area contributed by atoms with Crippen molar-refractivity contribution < 1.29 is 14.3 Å². The van der Waals surface area contributed by atoms with Crippen LogP contribution in [-0.2, 0) is 9.47 Å². The lowest BCUT2D eigenvalue weighted by Crippen LogP contribution is -2.62. The van der Waals surface area contributed by atoms with Crippen LogP contribution in [0.4, 0.5) is 0 Å². The summed E-state index contributed by atoms with van der Waals surface area (Å²) in [5, 5.41) is 3.85. The van der Waals surface area contributed by atoms with Crippen molar-refractivity contribution in [3.8, 4) is 0 Å². The summed E-state index contributed by atoms with van der Waals surface area (Å²) in [6, 6.07) is 8.73. The van der Waals surface area contributed by atoms with Crippen molar-refractivity contribution in [3.63, 3.8) is 0 Å². The fraction of sp³-hybridized carbons (Fsp3) is 0.444. The first-order valence-electron chi connectivity index (χ1n) is 8.22. The number of nitrogens with one attached hydrogen (secondary N) is 2. The third kappa shape index (κ3) is 2.42. The number of hydrogen-bond donors (Lipinski definition) is 2. The minimum atomic E-state index is -0.275. The van der Waals surface area contributed by atoms with E-state index in [0.717, 1.165) is 18.4 Å². The number of carbonyl (C=O) groups excluding carboxylic acids is 1. The van der Waals surface area contributed by atoms with Gasteiger partial charge in [0.2, 0.25) is 5.56 Å². The number of aromatic nitrogens is 1. The SMILES string of the molecule is COCC1C(NC(=O)c2cc(=O)[nH]c3ccccc23)C2CCOC21. The second kappa shape index (κ2) is 6.03. The normalized spacial score (nSPS) is 28.4. The molecular weight excluding hydrogens is 308 g/mol. The minimum Gasteiger partial charge on any atom is -0.384 e. The van der Waals surface area contributed by atoms with Gasteiger partial charge in [0.1, 0.15) is 0 Å². The maximum Gasteiger partial charge on any atom is 0.252 e. The monoisotopic (exact) mass is 328 g/mol. The number of rotatable bonds is 4. The van der Waals surface area contributed by atoms with Crippen molar-refractivity contribution in [3.05, 3.63) is 46.2 Å². The van der Waals surface area contributed by atoms with Gasteiger partial charge in [0, 0.05) is 48.6 Å². The molecule has 0 radical (unpaired) electrons. The van der Waals surface area contributed by atoms with Crippen molar-refractivity contribution in [2.45, 2.75) is 18.6 Å². The first-order valence-corrected chi connectivity index (χ1v) is 8.22. The van der Waals surface area contributed by atoms with Gasteiger partial charge in [-0.1, -0.05) is 18.2 Å². The third-order valence-electron chi connectivity index (χ3n) is 5.18. The van der Waals surface area contributed by atoms with Crippen LogP contribution >= 0.6 is 0 Å². The first kappa shape index (κ1) is 15.4. The lowest BCUT2D eigenvalue weighted by molar-refractivity contribution is -0.0809. The molecule has 0 bridgehead atoms. The molecule has 1 aliphatic heterocycles. The zero-order valence-electron chi connectivity index (χ0n) is 13.5. The molecule has 1 aliphatic carbocycles. The van der Waals surface area contributed by atoms with E-state index in [-0.39, 0.29) is 29.5 Å². The number of carbonyl (C=O) groups is 1. The number of methoxy groups -OCH3 is 1. The molecule has 1 aromatic heterocycles. The first-order chi connectivity index (χ1) is 11.7. The van der Waals surface area contributed by atoms with E-state index in [0.29, 0.717) is 23.6 Å². The van der Waals surface area contributed by atoms with Crippen LogP contribution in [0.25, 0.3) is 10.9 Å². The highest BCUT2D eigenvalue weighted by Gasteiger charge is 2.54. The Labute approximate surface area is 139 Å². The summed E-state index contributed by atoms with van der Waals surface area (Å²) in [7, 11) is 1.66. The van der Waals surface area contributed by atoms with Gasteiger partial charge in [-0.3, -0.25) is 9.59 Å². The van der Waals surface area contributed by atoms with Crippen LogP contribution in [0, 0.1) is 11.8 Å². The van der Waals surface area contributed by atoms with E-state index in [4.69, 9.17) is 9.47 Å².